The molecule has 2 atom stereocenters. The maximum Gasteiger partial charge on any atom is 0.341 e. The summed E-state index contributed by atoms with van der Waals surface area (Å²) in [6.45, 7) is 2.34. The van der Waals surface area contributed by atoms with Crippen molar-refractivity contribution >= 4 is 16.9 Å². The first-order valence-electron chi connectivity index (χ1n) is 7.77. The van der Waals surface area contributed by atoms with Crippen LogP contribution in [0.25, 0.3) is 10.9 Å². The molecule has 1 aliphatic carbocycles. The number of carbonyl (C=O) groups is 1. The van der Waals surface area contributed by atoms with Crippen LogP contribution in [0, 0.1) is 5.82 Å². The van der Waals surface area contributed by atoms with E-state index in [1.54, 1.807) is 10.6 Å². The average molecular weight is 318 g/mol. The van der Waals surface area contributed by atoms with Gasteiger partial charge in [-0.15, -0.1) is 0 Å². The van der Waals surface area contributed by atoms with E-state index in [1.165, 1.54) is 12.3 Å². The molecule has 0 spiro atoms. The second-order valence-electron chi connectivity index (χ2n) is 6.12. The first-order chi connectivity index (χ1) is 10.9. The molecule has 0 aliphatic heterocycles. The molecule has 3 N–H and O–H groups in total. The number of nitrogens with two attached hydrogens (primary N) is 1. The highest BCUT2D eigenvalue weighted by molar-refractivity contribution is 5.92. The number of rotatable bonds is 3. The Morgan fingerprint density at radius 3 is 2.74 bits per heavy atom. The Bertz CT molecular complexity index is 844. The minimum atomic E-state index is -1.30. The van der Waals surface area contributed by atoms with Crippen molar-refractivity contribution in [2.24, 2.45) is 5.73 Å². The van der Waals surface area contributed by atoms with Crippen molar-refractivity contribution in [2.45, 2.75) is 44.7 Å². The molecule has 1 aromatic carbocycles. The molecule has 3 rings (SSSR count). The third-order valence-electron chi connectivity index (χ3n) is 4.68. The summed E-state index contributed by atoms with van der Waals surface area (Å²) < 4.78 is 16.2. The second kappa shape index (κ2) is 5.77. The lowest BCUT2D eigenvalue weighted by molar-refractivity contribution is 0.0695. The number of aryl methyl sites for hydroxylation is 1. The minimum Gasteiger partial charge on any atom is -0.477 e. The third kappa shape index (κ3) is 2.63. The van der Waals surface area contributed by atoms with Crippen molar-refractivity contribution in [2.75, 3.05) is 0 Å². The number of pyridine rings is 1. The van der Waals surface area contributed by atoms with E-state index in [1.807, 2.05) is 6.92 Å². The van der Waals surface area contributed by atoms with Gasteiger partial charge in [0.2, 0.25) is 5.43 Å². The highest BCUT2D eigenvalue weighted by Gasteiger charge is 2.26. The Labute approximate surface area is 132 Å². The Balaban J connectivity index is 2.25. The lowest BCUT2D eigenvalue weighted by Gasteiger charge is -2.16. The van der Waals surface area contributed by atoms with Crippen LogP contribution in [0.2, 0.25) is 0 Å². The van der Waals surface area contributed by atoms with Crippen LogP contribution in [0.15, 0.2) is 23.1 Å². The fourth-order valence-electron chi connectivity index (χ4n) is 3.45. The van der Waals surface area contributed by atoms with Crippen LogP contribution in [-0.2, 0) is 6.54 Å². The normalized spacial score (nSPS) is 21.0. The van der Waals surface area contributed by atoms with E-state index in [9.17, 15) is 14.0 Å². The van der Waals surface area contributed by atoms with Crippen LogP contribution < -0.4 is 11.2 Å². The van der Waals surface area contributed by atoms with E-state index < -0.39 is 17.2 Å². The predicted octanol–water partition coefficient (Wildman–Crippen LogP) is 2.45. The molecule has 1 aliphatic rings. The fraction of sp³-hybridized carbons (Fsp3) is 0.412. The van der Waals surface area contributed by atoms with Gasteiger partial charge in [0, 0.05) is 24.2 Å². The van der Waals surface area contributed by atoms with Crippen molar-refractivity contribution < 1.29 is 14.3 Å². The van der Waals surface area contributed by atoms with Gasteiger partial charge in [-0.25, -0.2) is 9.18 Å². The molecule has 2 unspecified atom stereocenters. The van der Waals surface area contributed by atoms with Gasteiger partial charge in [0.1, 0.15) is 11.4 Å². The highest BCUT2D eigenvalue weighted by Crippen LogP contribution is 2.36. The predicted molar refractivity (Wildman–Crippen MR) is 85.4 cm³/mol. The van der Waals surface area contributed by atoms with E-state index in [2.05, 4.69) is 0 Å². The Morgan fingerprint density at radius 1 is 1.43 bits per heavy atom. The van der Waals surface area contributed by atoms with Gasteiger partial charge in [-0.05, 0) is 49.8 Å². The number of fused-ring (bicyclic) bond motifs is 1. The first-order valence-corrected chi connectivity index (χ1v) is 7.77. The van der Waals surface area contributed by atoms with Gasteiger partial charge in [-0.2, -0.15) is 0 Å². The van der Waals surface area contributed by atoms with Crippen LogP contribution in [0.5, 0.6) is 0 Å². The lowest BCUT2D eigenvalue weighted by atomic mass is 9.95. The molecule has 0 amide bonds. The summed E-state index contributed by atoms with van der Waals surface area (Å²) in [5, 5.41) is 9.26. The summed E-state index contributed by atoms with van der Waals surface area (Å²) in [4.78, 5) is 23.5. The molecule has 1 fully saturated rings. The zero-order chi connectivity index (χ0) is 16.7. The molecule has 1 aromatic heterocycles. The molecular formula is C17H19FN2O3. The van der Waals surface area contributed by atoms with E-state index in [4.69, 9.17) is 10.8 Å². The summed E-state index contributed by atoms with van der Waals surface area (Å²) in [5.41, 5.74) is 6.06. The topological polar surface area (TPSA) is 85.3 Å². The van der Waals surface area contributed by atoms with E-state index >= 15 is 0 Å². The highest BCUT2D eigenvalue weighted by atomic mass is 19.1. The second-order valence-corrected chi connectivity index (χ2v) is 6.12. The van der Waals surface area contributed by atoms with Crippen molar-refractivity contribution in [1.82, 2.24) is 4.57 Å². The molecule has 2 aromatic rings. The number of halogens is 1. The number of benzene rings is 1. The number of nitrogens with zero attached hydrogens (tertiary/aromatic N) is 1. The molecule has 122 valence electrons. The van der Waals surface area contributed by atoms with Crippen LogP contribution >= 0.6 is 0 Å². The van der Waals surface area contributed by atoms with Crippen LogP contribution in [0.4, 0.5) is 4.39 Å². The van der Waals surface area contributed by atoms with Gasteiger partial charge >= 0.3 is 5.97 Å². The molecule has 1 heterocycles. The minimum absolute atomic E-state index is 0.0500. The number of aromatic carboxylic acids is 1. The molecule has 0 radical (unpaired) electrons. The Morgan fingerprint density at radius 2 is 2.17 bits per heavy atom. The Hall–Kier alpha value is -2.21. The summed E-state index contributed by atoms with van der Waals surface area (Å²) in [6, 6.07) is 2.94. The van der Waals surface area contributed by atoms with Crippen LogP contribution in [0.1, 0.15) is 48.0 Å². The van der Waals surface area contributed by atoms with E-state index in [0.717, 1.165) is 19.3 Å². The molecule has 1 saturated carbocycles. The van der Waals surface area contributed by atoms with E-state index in [-0.39, 0.29) is 22.9 Å². The zero-order valence-electron chi connectivity index (χ0n) is 12.9. The summed E-state index contributed by atoms with van der Waals surface area (Å²) in [6.07, 6.45) is 3.74. The average Bonchev–Trinajstić information content (AvgIpc) is 2.93. The van der Waals surface area contributed by atoms with Crippen molar-refractivity contribution in [3.05, 3.63) is 45.5 Å². The van der Waals surface area contributed by atoms with Crippen LogP contribution in [-0.4, -0.2) is 21.7 Å². The molecule has 0 bridgehead atoms. The van der Waals surface area contributed by atoms with Gasteiger partial charge in [0.15, 0.2) is 0 Å². The van der Waals surface area contributed by atoms with E-state index in [0.29, 0.717) is 17.6 Å². The smallest absolute Gasteiger partial charge is 0.341 e. The SMILES string of the molecule is CCn1cc(C(=O)O)c(=O)c2cc(F)c(C3CCC(N)C3)cc21. The van der Waals surface area contributed by atoms with Gasteiger partial charge < -0.3 is 15.4 Å². The molecule has 6 heteroatoms. The van der Waals surface area contributed by atoms with Crippen molar-refractivity contribution in [3.63, 3.8) is 0 Å². The Kier molecular flexibility index (Phi) is 3.93. The lowest BCUT2D eigenvalue weighted by Crippen LogP contribution is -2.19. The maximum atomic E-state index is 14.5. The third-order valence-corrected chi connectivity index (χ3v) is 4.68. The summed E-state index contributed by atoms with van der Waals surface area (Å²) >= 11 is 0. The quantitative estimate of drug-likeness (QED) is 0.910. The summed E-state index contributed by atoms with van der Waals surface area (Å²) in [7, 11) is 0. The molecule has 23 heavy (non-hydrogen) atoms. The maximum absolute atomic E-state index is 14.5. The number of carboxylic acid groups (broad SMARTS) is 1. The number of hydrogen-bond acceptors (Lipinski definition) is 3. The molecule has 0 saturated heterocycles. The standard InChI is InChI=1S/C17H19FN2O3/c1-2-20-8-13(17(22)23)16(21)12-6-14(18)11(7-15(12)20)9-3-4-10(19)5-9/h6-10H,2-5,19H2,1H3,(H,22,23). The van der Waals surface area contributed by atoms with Gasteiger partial charge in [0.05, 0.1) is 5.52 Å². The van der Waals surface area contributed by atoms with Crippen molar-refractivity contribution in [1.29, 1.82) is 0 Å². The molecular weight excluding hydrogens is 299 g/mol. The van der Waals surface area contributed by atoms with Gasteiger partial charge in [-0.1, -0.05) is 0 Å². The number of aromatic nitrogens is 1. The van der Waals surface area contributed by atoms with Gasteiger partial charge in [0.25, 0.3) is 0 Å². The van der Waals surface area contributed by atoms with Gasteiger partial charge in [-0.3, -0.25) is 4.79 Å². The monoisotopic (exact) mass is 318 g/mol. The van der Waals surface area contributed by atoms with Crippen LogP contribution in [0.3, 0.4) is 0 Å². The number of carboxylic acids is 1. The largest absolute Gasteiger partial charge is 0.477 e. The number of hydrogen-bond donors (Lipinski definition) is 2. The summed E-state index contributed by atoms with van der Waals surface area (Å²) in [5.74, 6) is -1.71. The molecule has 5 nitrogen and oxygen atoms in total. The zero-order valence-corrected chi connectivity index (χ0v) is 12.9. The fourth-order valence-corrected chi connectivity index (χ4v) is 3.45. The first kappa shape index (κ1) is 15.7. The van der Waals surface area contributed by atoms with Crippen molar-refractivity contribution in [3.8, 4) is 0 Å².